The van der Waals surface area contributed by atoms with E-state index in [0.717, 1.165) is 0 Å². The molecule has 4 nitrogen and oxygen atoms in total. The van der Waals surface area contributed by atoms with Gasteiger partial charge in [0, 0.05) is 0 Å². The number of aliphatic hydroxyl groups excluding tert-OH is 1. The molecule has 9 heteroatoms. The predicted molar refractivity (Wildman–Crippen MR) is 42.1 cm³/mol. The van der Waals surface area contributed by atoms with Gasteiger partial charge in [-0.3, -0.25) is 0 Å². The lowest BCUT2D eigenvalue weighted by Gasteiger charge is -2.40. The Morgan fingerprint density at radius 2 is 1.81 bits per heavy atom. The van der Waals surface area contributed by atoms with Crippen LogP contribution < -0.4 is 5.32 Å². The highest BCUT2D eigenvalue weighted by Crippen LogP contribution is 2.25. The predicted octanol–water partition coefficient (Wildman–Crippen LogP) is 0.609. The summed E-state index contributed by atoms with van der Waals surface area (Å²) in [4.78, 5) is 8.90. The number of aliphatic carboxylic acids is 1. The van der Waals surface area contributed by atoms with Crippen LogP contribution in [-0.4, -0.2) is 47.5 Å². The second-order valence-corrected chi connectivity index (χ2v) is 3.09. The molecule has 1 unspecified atom stereocenters. The molecule has 0 radical (unpaired) electrons. The fourth-order valence-electron chi connectivity index (χ4n) is 0.836. The van der Waals surface area contributed by atoms with E-state index in [1.54, 1.807) is 0 Å². The van der Waals surface area contributed by atoms with E-state index in [2.05, 4.69) is 5.32 Å². The minimum absolute atomic E-state index is 0.376. The van der Waals surface area contributed by atoms with Gasteiger partial charge in [-0.15, -0.1) is 0 Å². The zero-order valence-corrected chi connectivity index (χ0v) is 7.89. The zero-order chi connectivity index (χ0) is 13.0. The van der Waals surface area contributed by atoms with Crippen molar-refractivity contribution >= 4 is 5.97 Å². The van der Waals surface area contributed by atoms with E-state index in [9.17, 15) is 22.0 Å². The normalized spacial score (nSPS) is 24.4. The number of hydrogen-bond acceptors (Lipinski definition) is 3. The first-order chi connectivity index (χ1) is 7.15. The molecule has 1 atom stereocenters. The van der Waals surface area contributed by atoms with Crippen LogP contribution in [0.4, 0.5) is 22.0 Å². The van der Waals surface area contributed by atoms with Crippen molar-refractivity contribution in [2.45, 2.75) is 24.6 Å². The van der Waals surface area contributed by atoms with Crippen molar-refractivity contribution in [1.29, 1.82) is 0 Å². The minimum Gasteiger partial charge on any atom is -0.475 e. The van der Waals surface area contributed by atoms with Gasteiger partial charge in [0.15, 0.2) is 0 Å². The molecule has 1 rings (SSSR count). The lowest BCUT2D eigenvalue weighted by Crippen LogP contribution is -2.64. The van der Waals surface area contributed by atoms with E-state index < -0.39 is 30.7 Å². The average molecular weight is 251 g/mol. The molecule has 0 amide bonds. The Morgan fingerprint density at radius 3 is 1.81 bits per heavy atom. The highest BCUT2D eigenvalue weighted by atomic mass is 19.4. The standard InChI is InChI=1S/C5H9F2NO.C2HF3O2/c6-4(7)5(3-9)1-2-8-5;3-2(4,5)1(6)7/h4,8-9H,1-3H2;(H,6,7). The van der Waals surface area contributed by atoms with Crippen LogP contribution in [0.15, 0.2) is 0 Å². The van der Waals surface area contributed by atoms with Crippen LogP contribution in [0.5, 0.6) is 0 Å². The van der Waals surface area contributed by atoms with Gasteiger partial charge in [-0.05, 0) is 13.0 Å². The number of hydrogen-bond donors (Lipinski definition) is 3. The summed E-state index contributed by atoms with van der Waals surface area (Å²) in [5.74, 6) is -2.76. The Balaban J connectivity index is 0.000000293. The van der Waals surface area contributed by atoms with E-state index in [-0.39, 0.29) is 0 Å². The van der Waals surface area contributed by atoms with Gasteiger partial charge in [-0.1, -0.05) is 0 Å². The highest BCUT2D eigenvalue weighted by Gasteiger charge is 2.44. The van der Waals surface area contributed by atoms with Crippen LogP contribution in [-0.2, 0) is 4.79 Å². The number of alkyl halides is 5. The van der Waals surface area contributed by atoms with Gasteiger partial charge in [-0.25, -0.2) is 13.6 Å². The molecule has 0 bridgehead atoms. The van der Waals surface area contributed by atoms with Crippen molar-refractivity contribution < 1.29 is 37.0 Å². The van der Waals surface area contributed by atoms with Crippen molar-refractivity contribution in [2.24, 2.45) is 0 Å². The van der Waals surface area contributed by atoms with Gasteiger partial charge in [-0.2, -0.15) is 13.2 Å². The smallest absolute Gasteiger partial charge is 0.475 e. The molecule has 3 N–H and O–H groups in total. The molecule has 1 aliphatic rings. The molecule has 0 aromatic rings. The third-order valence-corrected chi connectivity index (χ3v) is 1.99. The summed E-state index contributed by atoms with van der Waals surface area (Å²) in [6.45, 7) is 0.121. The van der Waals surface area contributed by atoms with Gasteiger partial charge in [0.25, 0.3) is 6.43 Å². The first-order valence-corrected chi connectivity index (χ1v) is 4.10. The number of nitrogens with one attached hydrogen (secondary N) is 1. The number of halogens is 5. The number of carbonyl (C=O) groups is 1. The molecular formula is C7H10F5NO3. The van der Waals surface area contributed by atoms with Crippen molar-refractivity contribution in [3.05, 3.63) is 0 Å². The fourth-order valence-corrected chi connectivity index (χ4v) is 0.836. The monoisotopic (exact) mass is 251 g/mol. The van der Waals surface area contributed by atoms with Gasteiger partial charge < -0.3 is 15.5 Å². The molecular weight excluding hydrogens is 241 g/mol. The Bertz CT molecular complexity index is 233. The Morgan fingerprint density at radius 1 is 1.44 bits per heavy atom. The maximum atomic E-state index is 11.9. The van der Waals surface area contributed by atoms with Crippen LogP contribution in [0.2, 0.25) is 0 Å². The third-order valence-electron chi connectivity index (χ3n) is 1.99. The maximum absolute atomic E-state index is 11.9. The third kappa shape index (κ3) is 3.89. The summed E-state index contributed by atoms with van der Waals surface area (Å²) in [5.41, 5.74) is -1.26. The first-order valence-electron chi connectivity index (χ1n) is 4.10. The number of aliphatic hydroxyl groups is 1. The van der Waals surface area contributed by atoms with Gasteiger partial charge in [0.2, 0.25) is 0 Å². The quantitative estimate of drug-likeness (QED) is 0.629. The number of carboxylic acids is 1. The topological polar surface area (TPSA) is 69.6 Å². The molecule has 0 aromatic heterocycles. The molecule has 0 aliphatic carbocycles. The van der Waals surface area contributed by atoms with Crippen molar-refractivity contribution in [2.75, 3.05) is 13.2 Å². The van der Waals surface area contributed by atoms with E-state index in [4.69, 9.17) is 15.0 Å². The minimum atomic E-state index is -5.08. The summed E-state index contributed by atoms with van der Waals surface area (Å²) in [6.07, 6.45) is -7.16. The lowest BCUT2D eigenvalue weighted by molar-refractivity contribution is -0.192. The molecule has 1 fully saturated rings. The highest BCUT2D eigenvalue weighted by molar-refractivity contribution is 5.73. The molecule has 1 heterocycles. The fraction of sp³-hybridized carbons (Fsp3) is 0.857. The summed E-state index contributed by atoms with van der Waals surface area (Å²) in [7, 11) is 0. The second kappa shape index (κ2) is 5.39. The Labute approximate surface area is 87.1 Å². The summed E-state index contributed by atoms with van der Waals surface area (Å²) in [6, 6.07) is 0. The molecule has 0 spiro atoms. The van der Waals surface area contributed by atoms with Crippen LogP contribution in [0.3, 0.4) is 0 Å². The second-order valence-electron chi connectivity index (χ2n) is 3.09. The van der Waals surface area contributed by atoms with Gasteiger partial charge in [0.05, 0.1) is 6.61 Å². The summed E-state index contributed by atoms with van der Waals surface area (Å²) < 4.78 is 55.6. The van der Waals surface area contributed by atoms with Gasteiger partial charge >= 0.3 is 12.1 Å². The summed E-state index contributed by atoms with van der Waals surface area (Å²) in [5, 5.41) is 18.1. The zero-order valence-electron chi connectivity index (χ0n) is 7.89. The first kappa shape index (κ1) is 15.0. The summed E-state index contributed by atoms with van der Waals surface area (Å²) >= 11 is 0. The SMILES string of the molecule is O=C(O)C(F)(F)F.OCC1(C(F)F)CCN1. The van der Waals surface area contributed by atoms with E-state index >= 15 is 0 Å². The molecule has 0 aromatic carbocycles. The van der Waals surface area contributed by atoms with Crippen molar-refractivity contribution in [3.8, 4) is 0 Å². The van der Waals surface area contributed by atoms with Crippen LogP contribution >= 0.6 is 0 Å². The largest absolute Gasteiger partial charge is 0.490 e. The Kier molecular flexibility index (Phi) is 5.07. The molecule has 1 saturated heterocycles. The van der Waals surface area contributed by atoms with Crippen LogP contribution in [0, 0.1) is 0 Å². The van der Waals surface area contributed by atoms with E-state index in [0.29, 0.717) is 13.0 Å². The van der Waals surface area contributed by atoms with E-state index in [1.807, 2.05) is 0 Å². The maximum Gasteiger partial charge on any atom is 0.490 e. The number of carboxylic acid groups (broad SMARTS) is 1. The Hall–Kier alpha value is -0.960. The van der Waals surface area contributed by atoms with Crippen LogP contribution in [0.1, 0.15) is 6.42 Å². The van der Waals surface area contributed by atoms with Crippen molar-refractivity contribution in [3.63, 3.8) is 0 Å². The number of rotatable bonds is 2. The molecule has 96 valence electrons. The lowest BCUT2D eigenvalue weighted by atomic mass is 9.89. The molecule has 1 aliphatic heterocycles. The van der Waals surface area contributed by atoms with Crippen LogP contribution in [0.25, 0.3) is 0 Å². The molecule has 16 heavy (non-hydrogen) atoms. The van der Waals surface area contributed by atoms with E-state index in [1.165, 1.54) is 0 Å². The van der Waals surface area contributed by atoms with Gasteiger partial charge in [0.1, 0.15) is 5.54 Å². The molecule has 0 saturated carbocycles. The average Bonchev–Trinajstić information content (AvgIpc) is 2.01. The van der Waals surface area contributed by atoms with Crippen molar-refractivity contribution in [1.82, 2.24) is 5.32 Å².